The van der Waals surface area contributed by atoms with Crippen molar-refractivity contribution in [3.8, 4) is 0 Å². The molecule has 0 aliphatic carbocycles. The second-order valence-electron chi connectivity index (χ2n) is 13.2. The molecule has 0 heterocycles. The van der Waals surface area contributed by atoms with Crippen LogP contribution in [0.1, 0.15) is 46.2 Å². The molecule has 2 atom stereocenters. The summed E-state index contributed by atoms with van der Waals surface area (Å²) >= 11 is 0. The fourth-order valence-corrected chi connectivity index (χ4v) is 7.04. The van der Waals surface area contributed by atoms with Gasteiger partial charge in [-0.05, 0) is 33.4 Å². The van der Waals surface area contributed by atoms with Crippen LogP contribution in [-0.4, -0.2) is 40.9 Å². The molecular weight excluding hydrogens is 689 g/mol. The van der Waals surface area contributed by atoms with Crippen LogP contribution in [0.5, 0.6) is 0 Å². The van der Waals surface area contributed by atoms with Gasteiger partial charge in [0, 0.05) is 0 Å². The summed E-state index contributed by atoms with van der Waals surface area (Å²) in [4.78, 5) is 53.9. The predicted molar refractivity (Wildman–Crippen MR) is 211 cm³/mol. The number of carbonyl (C=O) groups is 4. The minimum atomic E-state index is -1.64. The lowest BCUT2D eigenvalue weighted by molar-refractivity contribution is -0.144. The zero-order valence-corrected chi connectivity index (χ0v) is 30.0. The number of carbonyl (C=O) groups excluding carboxylic acids is 3. The van der Waals surface area contributed by atoms with Crippen molar-refractivity contribution in [3.05, 3.63) is 215 Å². The van der Waals surface area contributed by atoms with E-state index in [1.165, 1.54) is 0 Å². The minimum absolute atomic E-state index is 0.461. The number of amides is 3. The van der Waals surface area contributed by atoms with Gasteiger partial charge in [0.15, 0.2) is 0 Å². The molecule has 0 aliphatic rings. The Balaban J connectivity index is 1.22. The Labute approximate surface area is 320 Å². The van der Waals surface area contributed by atoms with Gasteiger partial charge in [-0.2, -0.15) is 0 Å². The molecule has 276 valence electrons. The Hall–Kier alpha value is -6.84. The molecule has 6 aromatic carbocycles. The quantitative estimate of drug-likeness (QED) is 0.0834. The maximum absolute atomic E-state index is 14.0. The third-order valence-electron chi connectivity index (χ3n) is 9.64. The van der Waals surface area contributed by atoms with E-state index < -0.39 is 59.7 Å². The van der Waals surface area contributed by atoms with Crippen molar-refractivity contribution in [2.75, 3.05) is 0 Å². The van der Waals surface area contributed by atoms with Crippen molar-refractivity contribution in [1.82, 2.24) is 16.0 Å². The highest BCUT2D eigenvalue weighted by molar-refractivity contribution is 5.93. The molecule has 0 spiro atoms. The van der Waals surface area contributed by atoms with Gasteiger partial charge in [0.2, 0.25) is 17.7 Å². The first kappa shape index (κ1) is 37.9. The molecule has 0 saturated carbocycles. The number of hydrogen-bond acceptors (Lipinski definition) is 5. The average Bonchev–Trinajstić information content (AvgIpc) is 3.23. The third kappa shape index (κ3) is 8.38. The van der Waals surface area contributed by atoms with E-state index >= 15 is 0 Å². The monoisotopic (exact) mass is 730 g/mol. The number of hydrogen-bond donors (Lipinski definition) is 5. The summed E-state index contributed by atoms with van der Waals surface area (Å²) in [7, 11) is 0. The molecule has 55 heavy (non-hydrogen) atoms. The SMILES string of the molecule is N[C@H](CC(=O)NC(c1ccccc1)(c1ccccc1)c1ccccc1)C(=O)N[C@H](CC(=O)NC(c1ccccc1)(c1ccccc1)c1ccccc1)C(=O)O. The minimum Gasteiger partial charge on any atom is -0.480 e. The van der Waals surface area contributed by atoms with Crippen LogP contribution >= 0.6 is 0 Å². The fourth-order valence-electron chi connectivity index (χ4n) is 7.04. The molecule has 3 amide bonds. The van der Waals surface area contributed by atoms with Crippen LogP contribution in [0.3, 0.4) is 0 Å². The van der Waals surface area contributed by atoms with E-state index in [2.05, 4.69) is 16.0 Å². The summed E-state index contributed by atoms with van der Waals surface area (Å²) < 4.78 is 0. The number of nitrogens with two attached hydrogens (primary N) is 1. The number of nitrogens with one attached hydrogen (secondary N) is 3. The molecule has 9 nitrogen and oxygen atoms in total. The van der Waals surface area contributed by atoms with Crippen LogP contribution in [0.15, 0.2) is 182 Å². The van der Waals surface area contributed by atoms with Gasteiger partial charge in [-0.3, -0.25) is 14.4 Å². The van der Waals surface area contributed by atoms with Gasteiger partial charge in [0.05, 0.1) is 18.9 Å². The molecule has 6 aromatic rings. The number of carboxylic acid groups (broad SMARTS) is 1. The summed E-state index contributed by atoms with van der Waals surface area (Å²) in [5.74, 6) is -3.49. The molecule has 0 unspecified atom stereocenters. The molecule has 0 bridgehead atoms. The normalized spacial score (nSPS) is 12.5. The van der Waals surface area contributed by atoms with E-state index in [1.54, 1.807) is 0 Å². The first-order chi connectivity index (χ1) is 26.7. The number of benzene rings is 6. The van der Waals surface area contributed by atoms with Crippen molar-refractivity contribution >= 4 is 23.7 Å². The standard InChI is InChI=1S/C46H42N4O5/c47-39(31-41(51)49-45(33-19-7-1-8-20-33,34-21-9-2-10-22-34)35-23-11-3-12-24-35)43(53)48-40(44(54)55)32-42(52)50-46(36-25-13-4-14-26-36,37-27-15-5-16-28-37)38-29-17-6-18-30-38/h1-30,39-40H,31-32,47H2,(H,48,53)(H,49,51)(H,50,52)(H,54,55)/t39-,40-/m1/s1. The average molecular weight is 731 g/mol. The summed E-state index contributed by atoms with van der Waals surface area (Å²) in [6.07, 6.45) is -1.06. The number of carboxylic acids is 1. The van der Waals surface area contributed by atoms with Crippen LogP contribution in [-0.2, 0) is 30.3 Å². The fraction of sp³-hybridized carbons (Fsp3) is 0.130. The van der Waals surface area contributed by atoms with E-state index in [-0.39, 0.29) is 0 Å². The van der Waals surface area contributed by atoms with E-state index in [1.807, 2.05) is 182 Å². The highest BCUT2D eigenvalue weighted by atomic mass is 16.4. The Morgan fingerprint density at radius 1 is 0.455 bits per heavy atom. The Bertz CT molecular complexity index is 1990. The second-order valence-corrected chi connectivity index (χ2v) is 13.2. The first-order valence-corrected chi connectivity index (χ1v) is 18.0. The number of aliphatic carboxylic acids is 1. The molecule has 0 fully saturated rings. The maximum Gasteiger partial charge on any atom is 0.326 e. The highest BCUT2D eigenvalue weighted by Crippen LogP contribution is 2.38. The van der Waals surface area contributed by atoms with Gasteiger partial charge in [-0.15, -0.1) is 0 Å². The first-order valence-electron chi connectivity index (χ1n) is 18.0. The topological polar surface area (TPSA) is 151 Å². The molecule has 0 aromatic heterocycles. The highest BCUT2D eigenvalue weighted by Gasteiger charge is 2.40. The van der Waals surface area contributed by atoms with Crippen LogP contribution in [0.2, 0.25) is 0 Å². The van der Waals surface area contributed by atoms with Crippen molar-refractivity contribution in [2.24, 2.45) is 5.73 Å². The largest absolute Gasteiger partial charge is 0.480 e. The van der Waals surface area contributed by atoms with Crippen LogP contribution in [0.4, 0.5) is 0 Å². The van der Waals surface area contributed by atoms with E-state index in [4.69, 9.17) is 5.73 Å². The summed E-state index contributed by atoms with van der Waals surface area (Å²) in [5, 5.41) is 18.9. The maximum atomic E-state index is 14.0. The number of rotatable bonds is 15. The van der Waals surface area contributed by atoms with E-state index in [9.17, 15) is 24.3 Å². The van der Waals surface area contributed by atoms with Crippen molar-refractivity contribution < 1.29 is 24.3 Å². The molecule has 6 rings (SSSR count). The van der Waals surface area contributed by atoms with E-state index in [0.717, 1.165) is 33.4 Å². The zero-order chi connectivity index (χ0) is 38.7. The van der Waals surface area contributed by atoms with Crippen molar-refractivity contribution in [2.45, 2.75) is 36.0 Å². The van der Waals surface area contributed by atoms with Crippen LogP contribution in [0, 0.1) is 0 Å². The molecular formula is C46H42N4O5. The Kier molecular flexibility index (Phi) is 11.9. The summed E-state index contributed by atoms with van der Waals surface area (Å²) in [5.41, 5.74) is 8.58. The van der Waals surface area contributed by atoms with Gasteiger partial charge in [-0.25, -0.2) is 4.79 Å². The Morgan fingerprint density at radius 2 is 0.709 bits per heavy atom. The zero-order valence-electron chi connectivity index (χ0n) is 30.0. The van der Waals surface area contributed by atoms with Crippen molar-refractivity contribution in [3.63, 3.8) is 0 Å². The van der Waals surface area contributed by atoms with E-state index in [0.29, 0.717) is 0 Å². The molecule has 0 saturated heterocycles. The van der Waals surface area contributed by atoms with Gasteiger partial charge < -0.3 is 26.8 Å². The lowest BCUT2D eigenvalue weighted by Gasteiger charge is -2.37. The smallest absolute Gasteiger partial charge is 0.326 e. The summed E-state index contributed by atoms with van der Waals surface area (Å²) in [6, 6.07) is 53.5. The predicted octanol–water partition coefficient (Wildman–Crippen LogP) is 5.88. The molecule has 0 radical (unpaired) electrons. The second kappa shape index (κ2) is 17.3. The van der Waals surface area contributed by atoms with Crippen molar-refractivity contribution in [1.29, 1.82) is 0 Å². The van der Waals surface area contributed by atoms with Crippen LogP contribution < -0.4 is 21.7 Å². The lowest BCUT2D eigenvalue weighted by Crippen LogP contribution is -2.54. The van der Waals surface area contributed by atoms with Gasteiger partial charge in [0.25, 0.3) is 0 Å². The molecule has 6 N–H and O–H groups in total. The summed E-state index contributed by atoms with van der Waals surface area (Å²) in [6.45, 7) is 0. The molecule has 9 heteroatoms. The Morgan fingerprint density at radius 3 is 0.964 bits per heavy atom. The van der Waals surface area contributed by atoms with Gasteiger partial charge >= 0.3 is 5.97 Å². The van der Waals surface area contributed by atoms with Gasteiger partial charge in [-0.1, -0.05) is 182 Å². The third-order valence-corrected chi connectivity index (χ3v) is 9.64. The molecule has 0 aliphatic heterocycles. The lowest BCUT2D eigenvalue weighted by atomic mass is 9.77. The van der Waals surface area contributed by atoms with Gasteiger partial charge in [0.1, 0.15) is 17.1 Å². The van der Waals surface area contributed by atoms with Crippen LogP contribution in [0.25, 0.3) is 0 Å².